The molecule has 33 heavy (non-hydrogen) atoms. The van der Waals surface area contributed by atoms with Crippen LogP contribution < -0.4 is 4.74 Å². The summed E-state index contributed by atoms with van der Waals surface area (Å²) in [6.45, 7) is -0.250. The van der Waals surface area contributed by atoms with Crippen molar-refractivity contribution in [3.8, 4) is 5.75 Å². The highest BCUT2D eigenvalue weighted by atomic mass is 32.2. The third kappa shape index (κ3) is 7.24. The Bertz CT molecular complexity index is 1090. The van der Waals surface area contributed by atoms with Crippen molar-refractivity contribution in [1.29, 1.82) is 0 Å². The van der Waals surface area contributed by atoms with Crippen LogP contribution in [0.15, 0.2) is 11.0 Å². The van der Waals surface area contributed by atoms with E-state index in [1.54, 1.807) is 0 Å². The zero-order chi connectivity index (χ0) is 26.3. The Morgan fingerprint density at radius 1 is 0.818 bits per heavy atom. The van der Waals surface area contributed by atoms with Gasteiger partial charge in [-0.15, -0.1) is 0 Å². The molecule has 0 fully saturated rings. The lowest BCUT2D eigenvalue weighted by molar-refractivity contribution is 0.0689. The minimum absolute atomic E-state index is 0.125. The van der Waals surface area contributed by atoms with E-state index in [9.17, 15) is 48.3 Å². The number of hydrogen-bond donors (Lipinski definition) is 4. The third-order valence-corrected chi connectivity index (χ3v) is 3.95. The first-order valence-corrected chi connectivity index (χ1v) is 9.17. The molecule has 2 aromatic rings. The summed E-state index contributed by atoms with van der Waals surface area (Å²) < 4.78 is 134. The van der Waals surface area contributed by atoms with Crippen LogP contribution in [-0.2, 0) is 10.1 Å². The predicted molar refractivity (Wildman–Crippen MR) is 90.0 cm³/mol. The van der Waals surface area contributed by atoms with Crippen molar-refractivity contribution in [1.82, 2.24) is 0 Å². The van der Waals surface area contributed by atoms with E-state index in [1.807, 2.05) is 0 Å². The van der Waals surface area contributed by atoms with Gasteiger partial charge in [0.15, 0.2) is 45.5 Å². The lowest BCUT2D eigenvalue weighted by atomic mass is 10.2. The van der Waals surface area contributed by atoms with Crippen LogP contribution in [0, 0.1) is 46.5 Å². The first-order valence-electron chi connectivity index (χ1n) is 7.73. The standard InChI is InChI=1S/C8H5F3O3.C6HF5O3S.C2H6O2/c1-14-7-5(10)3(8(12)13)2-4(9)6(7)11;7-1-2(8)4(10)6(15(12,13)14)5(11)3(1)9;3-1-2-4/h2H,1H3,(H,12,13);(H,12,13,14);3-4H,1-2H2. The monoisotopic (exact) mass is 516 g/mol. The number of benzene rings is 2. The molecule has 2 aromatic carbocycles. The van der Waals surface area contributed by atoms with E-state index in [0.29, 0.717) is 0 Å². The Hall–Kier alpha value is -3.02. The zero-order valence-corrected chi connectivity index (χ0v) is 16.7. The highest BCUT2D eigenvalue weighted by molar-refractivity contribution is 7.85. The van der Waals surface area contributed by atoms with E-state index in [0.717, 1.165) is 7.11 Å². The summed E-state index contributed by atoms with van der Waals surface area (Å²) in [7, 11) is -4.61. The van der Waals surface area contributed by atoms with E-state index in [4.69, 9.17) is 19.9 Å². The molecule has 0 bridgehead atoms. The van der Waals surface area contributed by atoms with Gasteiger partial charge in [-0.25, -0.2) is 35.5 Å². The molecule has 0 aliphatic heterocycles. The molecule has 0 aliphatic rings. The van der Waals surface area contributed by atoms with Crippen LogP contribution in [0.1, 0.15) is 10.4 Å². The minimum atomic E-state index is -5.52. The van der Waals surface area contributed by atoms with E-state index in [1.165, 1.54) is 0 Å². The summed E-state index contributed by atoms with van der Waals surface area (Å²) in [5, 5.41) is 23.7. The molecule has 0 saturated heterocycles. The Labute approximate surface area is 179 Å². The van der Waals surface area contributed by atoms with Gasteiger partial charge >= 0.3 is 16.1 Å². The summed E-state index contributed by atoms with van der Waals surface area (Å²) in [5.41, 5.74) is -0.972. The van der Waals surface area contributed by atoms with Gasteiger partial charge in [-0.3, -0.25) is 4.55 Å². The Kier molecular flexibility index (Phi) is 11.2. The topological polar surface area (TPSA) is 141 Å². The smallest absolute Gasteiger partial charge is 0.338 e. The molecule has 0 unspecified atom stereocenters. The summed E-state index contributed by atoms with van der Waals surface area (Å²) >= 11 is 0. The lowest BCUT2D eigenvalue weighted by Crippen LogP contribution is -2.11. The molecule has 186 valence electrons. The van der Waals surface area contributed by atoms with Crippen molar-refractivity contribution in [3.05, 3.63) is 58.2 Å². The van der Waals surface area contributed by atoms with Gasteiger partial charge in [-0.2, -0.15) is 12.8 Å². The lowest BCUT2D eigenvalue weighted by Gasteiger charge is -2.06. The van der Waals surface area contributed by atoms with Crippen molar-refractivity contribution < 1.29 is 72.9 Å². The van der Waals surface area contributed by atoms with Crippen molar-refractivity contribution >= 4 is 16.1 Å². The molecule has 0 spiro atoms. The molecule has 8 nitrogen and oxygen atoms in total. The summed E-state index contributed by atoms with van der Waals surface area (Å²) in [6, 6.07) is 0.259. The Balaban J connectivity index is 0.000000536. The average molecular weight is 516 g/mol. The van der Waals surface area contributed by atoms with Crippen molar-refractivity contribution in [2.24, 2.45) is 0 Å². The van der Waals surface area contributed by atoms with E-state index in [2.05, 4.69) is 4.74 Å². The van der Waals surface area contributed by atoms with Gasteiger partial charge in [0.2, 0.25) is 11.6 Å². The molecule has 0 aromatic heterocycles. The van der Waals surface area contributed by atoms with Crippen LogP contribution >= 0.6 is 0 Å². The van der Waals surface area contributed by atoms with Crippen LogP contribution in [0.2, 0.25) is 0 Å². The van der Waals surface area contributed by atoms with Crippen LogP contribution in [0.25, 0.3) is 0 Å². The normalized spacial score (nSPS) is 10.5. The summed E-state index contributed by atoms with van der Waals surface area (Å²) in [6.07, 6.45) is 0. The van der Waals surface area contributed by atoms with Gasteiger partial charge in [-0.1, -0.05) is 0 Å². The van der Waals surface area contributed by atoms with E-state index in [-0.39, 0.29) is 19.3 Å². The Morgan fingerprint density at radius 3 is 1.52 bits per heavy atom. The van der Waals surface area contributed by atoms with Gasteiger partial charge in [-0.05, 0) is 6.07 Å². The van der Waals surface area contributed by atoms with Gasteiger partial charge in [0, 0.05) is 0 Å². The molecule has 0 atom stereocenters. The van der Waals surface area contributed by atoms with Gasteiger partial charge in [0.05, 0.1) is 20.3 Å². The maximum absolute atomic E-state index is 13.1. The maximum atomic E-state index is 13.1. The molecular weight excluding hydrogens is 504 g/mol. The van der Waals surface area contributed by atoms with Crippen molar-refractivity contribution in [2.75, 3.05) is 20.3 Å². The number of carboxylic acids is 1. The largest absolute Gasteiger partial charge is 0.491 e. The number of hydrogen-bond acceptors (Lipinski definition) is 6. The fraction of sp³-hybridized carbons (Fsp3) is 0.188. The number of carboxylic acid groups (broad SMARTS) is 1. The van der Waals surface area contributed by atoms with Gasteiger partial charge in [0.1, 0.15) is 5.56 Å². The number of aromatic carboxylic acids is 1. The van der Waals surface area contributed by atoms with Gasteiger partial charge in [0.25, 0.3) is 0 Å². The molecule has 0 amide bonds. The van der Waals surface area contributed by atoms with Crippen LogP contribution in [-0.4, -0.2) is 54.6 Å². The number of halogens is 8. The first-order chi connectivity index (χ1) is 15.1. The minimum Gasteiger partial charge on any atom is -0.491 e. The van der Waals surface area contributed by atoms with Crippen LogP contribution in [0.5, 0.6) is 5.75 Å². The second-order valence-corrected chi connectivity index (χ2v) is 6.55. The summed E-state index contributed by atoms with van der Waals surface area (Å²) in [5.74, 6) is -19.8. The molecule has 2 rings (SSSR count). The molecule has 0 heterocycles. The highest BCUT2D eigenvalue weighted by Gasteiger charge is 2.32. The number of methoxy groups -OCH3 is 1. The number of aliphatic hydroxyl groups is 2. The number of aliphatic hydroxyl groups excluding tert-OH is 2. The molecule has 0 saturated carbocycles. The van der Waals surface area contributed by atoms with E-state index < -0.39 is 78.8 Å². The highest BCUT2D eigenvalue weighted by Crippen LogP contribution is 2.27. The average Bonchev–Trinajstić information content (AvgIpc) is 2.73. The molecule has 4 N–H and O–H groups in total. The first kappa shape index (κ1) is 30.0. The maximum Gasteiger partial charge on any atom is 0.338 e. The molecule has 0 aliphatic carbocycles. The second kappa shape index (κ2) is 12.3. The van der Waals surface area contributed by atoms with E-state index >= 15 is 0 Å². The van der Waals surface area contributed by atoms with Crippen LogP contribution in [0.4, 0.5) is 35.1 Å². The fourth-order valence-electron chi connectivity index (χ4n) is 1.73. The summed E-state index contributed by atoms with van der Waals surface area (Å²) in [4.78, 5) is 8.10. The quantitative estimate of drug-likeness (QED) is 0.210. The molecule has 17 heteroatoms. The number of ether oxygens (including phenoxy) is 1. The second-order valence-electron chi connectivity index (χ2n) is 5.19. The van der Waals surface area contributed by atoms with Crippen molar-refractivity contribution in [3.63, 3.8) is 0 Å². The fourth-order valence-corrected chi connectivity index (χ4v) is 2.36. The molecule has 0 radical (unpaired) electrons. The van der Waals surface area contributed by atoms with Crippen molar-refractivity contribution in [2.45, 2.75) is 4.90 Å². The van der Waals surface area contributed by atoms with Crippen LogP contribution in [0.3, 0.4) is 0 Å². The third-order valence-electron chi connectivity index (χ3n) is 3.08. The van der Waals surface area contributed by atoms with Gasteiger partial charge < -0.3 is 20.1 Å². The predicted octanol–water partition coefficient (Wildman–Crippen LogP) is 2.41. The zero-order valence-electron chi connectivity index (χ0n) is 15.8. The molecular formula is C16H12F8O8S. The number of rotatable bonds is 4. The Morgan fingerprint density at radius 2 is 1.21 bits per heavy atom. The number of carbonyl (C=O) groups is 1. The SMILES string of the molecule is COc1c(F)c(F)cc(C(=O)O)c1F.O=S(=O)(O)c1c(F)c(F)c(F)c(F)c1F.OCCO.